The van der Waals surface area contributed by atoms with Crippen molar-refractivity contribution in [3.05, 3.63) is 29.8 Å². The van der Waals surface area contributed by atoms with E-state index < -0.39 is 0 Å². The summed E-state index contributed by atoms with van der Waals surface area (Å²) in [6, 6.07) is 8.20. The van der Waals surface area contributed by atoms with Crippen LogP contribution >= 0.6 is 0 Å². The molecule has 1 aromatic carbocycles. The fraction of sp³-hybridized carbons (Fsp3) is 0.588. The van der Waals surface area contributed by atoms with Gasteiger partial charge in [-0.1, -0.05) is 18.6 Å². The topological polar surface area (TPSA) is 38.3 Å². The second-order valence-corrected chi connectivity index (χ2v) is 5.48. The van der Waals surface area contributed by atoms with Gasteiger partial charge in [0.2, 0.25) is 0 Å². The number of Topliss-reactive ketones (excluding diaryl/α,β-unsaturated/α-hetero) is 1. The van der Waals surface area contributed by atoms with Crippen LogP contribution in [0.25, 0.3) is 0 Å². The zero-order chi connectivity index (χ0) is 14.4. The highest BCUT2D eigenvalue weighted by atomic mass is 16.5. The first-order chi connectivity index (χ1) is 9.76. The minimum atomic E-state index is 0.148. The summed E-state index contributed by atoms with van der Waals surface area (Å²) in [5.41, 5.74) is 0.752. The summed E-state index contributed by atoms with van der Waals surface area (Å²) in [4.78, 5) is 12.7. The minimum absolute atomic E-state index is 0.148. The Hall–Kier alpha value is -1.35. The van der Waals surface area contributed by atoms with Crippen LogP contribution in [0.4, 0.5) is 0 Å². The molecule has 3 nitrogen and oxygen atoms in total. The molecule has 2 rings (SSSR count). The molecule has 1 aliphatic rings. The van der Waals surface area contributed by atoms with Crippen molar-refractivity contribution in [3.63, 3.8) is 0 Å². The molecule has 1 unspecified atom stereocenters. The van der Waals surface area contributed by atoms with Crippen molar-refractivity contribution in [1.82, 2.24) is 5.32 Å². The van der Waals surface area contributed by atoms with E-state index in [-0.39, 0.29) is 11.7 Å². The van der Waals surface area contributed by atoms with Gasteiger partial charge in [0.15, 0.2) is 5.78 Å². The van der Waals surface area contributed by atoms with Crippen molar-refractivity contribution < 1.29 is 9.53 Å². The summed E-state index contributed by atoms with van der Waals surface area (Å²) in [5.74, 6) is 1.13. The summed E-state index contributed by atoms with van der Waals surface area (Å²) >= 11 is 0. The fourth-order valence-corrected chi connectivity index (χ4v) is 3.02. The molecule has 110 valence electrons. The van der Waals surface area contributed by atoms with E-state index >= 15 is 0 Å². The molecule has 1 aliphatic carbocycles. The molecule has 0 spiro atoms. The molecule has 1 aromatic rings. The van der Waals surface area contributed by atoms with Crippen LogP contribution in [-0.2, 0) is 0 Å². The van der Waals surface area contributed by atoms with Crippen molar-refractivity contribution in [3.8, 4) is 5.75 Å². The second-order valence-electron chi connectivity index (χ2n) is 5.48. The standard InChI is InChI=1S/C17H25NO2/c1-3-20-16-10-5-4-9-15(16)17(19)13-7-6-8-14(18-2)12-11-13/h4-5,9-10,13-14,18H,3,6-8,11-12H2,1-2H3/t13?,14-/m0/s1. The average Bonchev–Trinajstić information content (AvgIpc) is 2.73. The third-order valence-electron chi connectivity index (χ3n) is 4.20. The van der Waals surface area contributed by atoms with E-state index in [0.29, 0.717) is 12.6 Å². The lowest BCUT2D eigenvalue weighted by Gasteiger charge is -2.16. The second kappa shape index (κ2) is 7.44. The molecule has 20 heavy (non-hydrogen) atoms. The largest absolute Gasteiger partial charge is 0.493 e. The monoisotopic (exact) mass is 275 g/mol. The van der Waals surface area contributed by atoms with Crippen molar-refractivity contribution in [2.75, 3.05) is 13.7 Å². The van der Waals surface area contributed by atoms with Gasteiger partial charge in [-0.15, -0.1) is 0 Å². The van der Waals surface area contributed by atoms with Crippen LogP contribution in [0.2, 0.25) is 0 Å². The van der Waals surface area contributed by atoms with Crippen molar-refractivity contribution in [2.45, 2.75) is 45.1 Å². The number of rotatable bonds is 5. The quantitative estimate of drug-likeness (QED) is 0.661. The lowest BCUT2D eigenvalue weighted by molar-refractivity contribution is 0.0903. The van der Waals surface area contributed by atoms with Crippen LogP contribution in [0.15, 0.2) is 24.3 Å². The van der Waals surface area contributed by atoms with E-state index in [1.807, 2.05) is 38.2 Å². The number of benzene rings is 1. The number of nitrogens with one attached hydrogen (secondary N) is 1. The summed E-state index contributed by atoms with van der Waals surface area (Å²) in [7, 11) is 2.01. The van der Waals surface area contributed by atoms with Gasteiger partial charge in [-0.05, 0) is 51.8 Å². The number of ketones is 1. The third kappa shape index (κ3) is 3.60. The van der Waals surface area contributed by atoms with Crippen LogP contribution in [0.5, 0.6) is 5.75 Å². The van der Waals surface area contributed by atoms with Gasteiger partial charge in [-0.2, -0.15) is 0 Å². The summed E-state index contributed by atoms with van der Waals surface area (Å²) in [6.07, 6.45) is 5.36. The van der Waals surface area contributed by atoms with Gasteiger partial charge in [0.05, 0.1) is 12.2 Å². The van der Waals surface area contributed by atoms with Gasteiger partial charge in [-0.25, -0.2) is 0 Å². The number of hydrogen-bond donors (Lipinski definition) is 1. The van der Waals surface area contributed by atoms with Crippen molar-refractivity contribution in [1.29, 1.82) is 0 Å². The smallest absolute Gasteiger partial charge is 0.169 e. The molecule has 2 atom stereocenters. The molecule has 1 fully saturated rings. The first kappa shape index (κ1) is 15.0. The van der Waals surface area contributed by atoms with E-state index in [4.69, 9.17) is 4.74 Å². The Morgan fingerprint density at radius 2 is 2.05 bits per heavy atom. The number of ether oxygens (including phenoxy) is 1. The van der Waals surface area contributed by atoms with Crippen LogP contribution in [0, 0.1) is 5.92 Å². The molecule has 0 radical (unpaired) electrons. The molecule has 0 heterocycles. The van der Waals surface area contributed by atoms with Gasteiger partial charge in [0, 0.05) is 12.0 Å². The van der Waals surface area contributed by atoms with Crippen LogP contribution in [-0.4, -0.2) is 25.5 Å². The van der Waals surface area contributed by atoms with Crippen LogP contribution in [0.3, 0.4) is 0 Å². The van der Waals surface area contributed by atoms with Crippen molar-refractivity contribution in [2.24, 2.45) is 5.92 Å². The number of hydrogen-bond acceptors (Lipinski definition) is 3. The Morgan fingerprint density at radius 3 is 2.80 bits per heavy atom. The third-order valence-corrected chi connectivity index (χ3v) is 4.20. The molecule has 1 N–H and O–H groups in total. The van der Waals surface area contributed by atoms with E-state index in [2.05, 4.69) is 5.32 Å². The fourth-order valence-electron chi connectivity index (χ4n) is 3.02. The van der Waals surface area contributed by atoms with Gasteiger partial charge in [-0.3, -0.25) is 4.79 Å². The Bertz CT molecular complexity index is 444. The molecular weight excluding hydrogens is 250 g/mol. The Labute approximate surface area is 121 Å². The SMILES string of the molecule is CCOc1ccccc1C(=O)C1CCC[C@H](NC)CC1. The van der Waals surface area contributed by atoms with Gasteiger partial charge in [0.25, 0.3) is 0 Å². The molecule has 0 aliphatic heterocycles. The molecular formula is C17H25NO2. The van der Waals surface area contributed by atoms with E-state index in [1.54, 1.807) is 0 Å². The number of carbonyl (C=O) groups is 1. The zero-order valence-corrected chi connectivity index (χ0v) is 12.5. The summed E-state index contributed by atoms with van der Waals surface area (Å²) in [6.45, 7) is 2.54. The first-order valence-corrected chi connectivity index (χ1v) is 7.69. The lowest BCUT2D eigenvalue weighted by Crippen LogP contribution is -2.24. The predicted octanol–water partition coefficient (Wildman–Crippen LogP) is 3.44. The van der Waals surface area contributed by atoms with Gasteiger partial charge < -0.3 is 10.1 Å². The number of carbonyl (C=O) groups excluding carboxylic acids is 1. The zero-order valence-electron chi connectivity index (χ0n) is 12.5. The molecule has 3 heteroatoms. The molecule has 0 amide bonds. The Morgan fingerprint density at radius 1 is 1.25 bits per heavy atom. The van der Waals surface area contributed by atoms with E-state index in [9.17, 15) is 4.79 Å². The average molecular weight is 275 g/mol. The maximum atomic E-state index is 12.7. The van der Waals surface area contributed by atoms with Crippen LogP contribution < -0.4 is 10.1 Å². The first-order valence-electron chi connectivity index (χ1n) is 7.69. The molecule has 0 aromatic heterocycles. The predicted molar refractivity (Wildman–Crippen MR) is 81.4 cm³/mol. The summed E-state index contributed by atoms with van der Waals surface area (Å²) in [5, 5.41) is 3.34. The van der Waals surface area contributed by atoms with Gasteiger partial charge >= 0.3 is 0 Å². The normalized spacial score (nSPS) is 23.1. The Balaban J connectivity index is 2.10. The van der Waals surface area contributed by atoms with Crippen molar-refractivity contribution >= 4 is 5.78 Å². The Kier molecular flexibility index (Phi) is 5.60. The highest BCUT2D eigenvalue weighted by molar-refractivity contribution is 6.00. The van der Waals surface area contributed by atoms with Gasteiger partial charge in [0.1, 0.15) is 5.75 Å². The molecule has 0 bridgehead atoms. The maximum Gasteiger partial charge on any atom is 0.169 e. The highest BCUT2D eigenvalue weighted by Gasteiger charge is 2.26. The minimum Gasteiger partial charge on any atom is -0.493 e. The van der Waals surface area contributed by atoms with E-state index in [1.165, 1.54) is 6.42 Å². The maximum absolute atomic E-state index is 12.7. The van der Waals surface area contributed by atoms with E-state index in [0.717, 1.165) is 37.0 Å². The summed E-state index contributed by atoms with van der Waals surface area (Å²) < 4.78 is 5.59. The van der Waals surface area contributed by atoms with Crippen LogP contribution in [0.1, 0.15) is 49.4 Å². The lowest BCUT2D eigenvalue weighted by atomic mass is 9.90. The number of para-hydroxylation sites is 1. The molecule has 0 saturated heterocycles. The molecule has 1 saturated carbocycles. The highest BCUT2D eigenvalue weighted by Crippen LogP contribution is 2.29.